The quantitative estimate of drug-likeness (QED) is 0.294. The molecule has 4 atom stereocenters. The molecular formula is C27H33ClO5S. The summed E-state index contributed by atoms with van der Waals surface area (Å²) >= 11 is 8.17. The van der Waals surface area contributed by atoms with Gasteiger partial charge in [-0.2, -0.15) is 0 Å². The molecule has 0 amide bonds. The number of unbranched alkanes of at least 4 members (excludes halogenated alkanes) is 1. The van der Waals surface area contributed by atoms with Crippen molar-refractivity contribution < 1.29 is 24.9 Å². The number of ketones is 1. The fraction of sp³-hybridized carbons (Fsp3) is 0.556. The van der Waals surface area contributed by atoms with Crippen LogP contribution in [0.4, 0.5) is 0 Å². The second-order valence-corrected chi connectivity index (χ2v) is 11.2. The summed E-state index contributed by atoms with van der Waals surface area (Å²) < 4.78 is 1.14. The molecule has 5 nitrogen and oxygen atoms in total. The van der Waals surface area contributed by atoms with E-state index < -0.39 is 23.6 Å². The van der Waals surface area contributed by atoms with E-state index in [2.05, 4.69) is 11.8 Å². The number of carbonyl (C=O) groups is 2. The van der Waals surface area contributed by atoms with E-state index in [0.717, 1.165) is 20.0 Å². The SMILES string of the molecule is CC1(C)C(=O)C(CC#CCCCC(=O)O)C(CCC(O)CCc2sc3ccccc3c2Cl)C1O. The molecule has 0 radical (unpaired) electrons. The summed E-state index contributed by atoms with van der Waals surface area (Å²) in [5.74, 6) is 4.53. The summed E-state index contributed by atoms with van der Waals surface area (Å²) in [5, 5.41) is 32.0. The summed E-state index contributed by atoms with van der Waals surface area (Å²) in [5.41, 5.74) is -0.837. The minimum atomic E-state index is -0.842. The van der Waals surface area contributed by atoms with E-state index in [1.165, 1.54) is 0 Å². The number of hydrogen-bond acceptors (Lipinski definition) is 5. The van der Waals surface area contributed by atoms with Crippen LogP contribution in [-0.4, -0.2) is 39.3 Å². The maximum Gasteiger partial charge on any atom is 0.303 e. The predicted octanol–water partition coefficient (Wildman–Crippen LogP) is 5.48. The molecule has 1 aliphatic carbocycles. The first kappa shape index (κ1) is 26.7. The van der Waals surface area contributed by atoms with Gasteiger partial charge in [-0.25, -0.2) is 0 Å². The molecule has 3 N–H and O–H groups in total. The molecule has 0 spiro atoms. The fourth-order valence-corrected chi connectivity index (χ4v) is 6.37. The number of carboxylic acid groups (broad SMARTS) is 1. The zero-order chi connectivity index (χ0) is 24.9. The standard InChI is InChI=1S/C27H33ClO5S/c1-27(2)25(32)18(9-5-3-4-6-12-23(30)31)19(26(27)33)15-13-17(29)14-16-22-24(28)20-10-7-8-11-21(20)34-22/h7-8,10-11,17-19,26,29,33H,4,6,9,12-16H2,1-2H3,(H,30,31). The third-order valence-corrected chi connectivity index (χ3v) is 8.69. The van der Waals surface area contributed by atoms with Crippen molar-refractivity contribution in [3.8, 4) is 11.8 Å². The molecule has 184 valence electrons. The molecule has 3 rings (SSSR count). The van der Waals surface area contributed by atoms with Crippen LogP contribution >= 0.6 is 22.9 Å². The van der Waals surface area contributed by atoms with Gasteiger partial charge in [0, 0.05) is 45.6 Å². The van der Waals surface area contributed by atoms with Gasteiger partial charge in [0.1, 0.15) is 5.78 Å². The molecule has 1 aromatic carbocycles. The molecule has 0 bridgehead atoms. The average molecular weight is 505 g/mol. The van der Waals surface area contributed by atoms with Gasteiger partial charge < -0.3 is 15.3 Å². The van der Waals surface area contributed by atoms with E-state index in [4.69, 9.17) is 16.7 Å². The van der Waals surface area contributed by atoms with Crippen molar-refractivity contribution in [2.75, 3.05) is 0 Å². The lowest BCUT2D eigenvalue weighted by atomic mass is 9.85. The summed E-state index contributed by atoms with van der Waals surface area (Å²) in [6.45, 7) is 3.54. The molecule has 2 aromatic rings. The van der Waals surface area contributed by atoms with Gasteiger partial charge in [-0.05, 0) is 44.1 Å². The van der Waals surface area contributed by atoms with E-state index >= 15 is 0 Å². The minimum Gasteiger partial charge on any atom is -0.481 e. The van der Waals surface area contributed by atoms with Crippen LogP contribution in [0.25, 0.3) is 10.1 Å². The van der Waals surface area contributed by atoms with Crippen LogP contribution in [0.2, 0.25) is 5.02 Å². The molecule has 0 saturated heterocycles. The van der Waals surface area contributed by atoms with Crippen molar-refractivity contribution in [1.29, 1.82) is 0 Å². The first-order chi connectivity index (χ1) is 16.1. The number of rotatable bonds is 10. The molecule has 7 heteroatoms. The van der Waals surface area contributed by atoms with Gasteiger partial charge in [-0.1, -0.05) is 43.6 Å². The number of halogens is 1. The monoisotopic (exact) mass is 504 g/mol. The molecule has 34 heavy (non-hydrogen) atoms. The largest absolute Gasteiger partial charge is 0.481 e. The third kappa shape index (κ3) is 6.20. The molecule has 1 aromatic heterocycles. The number of Topliss-reactive ketones (excluding diaryl/α,β-unsaturated/α-hetero) is 1. The third-order valence-electron chi connectivity index (χ3n) is 6.91. The highest BCUT2D eigenvalue weighted by molar-refractivity contribution is 7.19. The number of aliphatic carboxylic acids is 1. The molecule has 1 aliphatic rings. The van der Waals surface area contributed by atoms with Gasteiger partial charge in [0.2, 0.25) is 0 Å². The van der Waals surface area contributed by atoms with Gasteiger partial charge >= 0.3 is 5.97 Å². The van der Waals surface area contributed by atoms with Crippen molar-refractivity contribution in [3.63, 3.8) is 0 Å². The second kappa shape index (κ2) is 11.7. The highest BCUT2D eigenvalue weighted by atomic mass is 35.5. The summed E-state index contributed by atoms with van der Waals surface area (Å²) in [6, 6.07) is 8.00. The molecular weight excluding hydrogens is 472 g/mol. The summed E-state index contributed by atoms with van der Waals surface area (Å²) in [4.78, 5) is 24.6. The van der Waals surface area contributed by atoms with Gasteiger partial charge in [0.25, 0.3) is 0 Å². The number of benzene rings is 1. The maximum atomic E-state index is 13.0. The zero-order valence-electron chi connectivity index (χ0n) is 19.7. The number of aliphatic hydroxyl groups is 2. The first-order valence-electron chi connectivity index (χ1n) is 11.9. The maximum absolute atomic E-state index is 13.0. The van der Waals surface area contributed by atoms with E-state index in [-0.39, 0.29) is 24.0 Å². The Labute approximate surface area is 210 Å². The van der Waals surface area contributed by atoms with Crippen LogP contribution in [0.3, 0.4) is 0 Å². The fourth-order valence-electron chi connectivity index (χ4n) is 4.83. The van der Waals surface area contributed by atoms with Crippen molar-refractivity contribution in [1.82, 2.24) is 0 Å². The van der Waals surface area contributed by atoms with Crippen LogP contribution in [0, 0.1) is 29.1 Å². The van der Waals surface area contributed by atoms with Gasteiger partial charge in [-0.3, -0.25) is 9.59 Å². The van der Waals surface area contributed by atoms with Gasteiger partial charge in [0.15, 0.2) is 0 Å². The molecule has 1 saturated carbocycles. The minimum absolute atomic E-state index is 0.0105. The second-order valence-electron chi connectivity index (χ2n) is 9.71. The van der Waals surface area contributed by atoms with Crippen LogP contribution in [0.15, 0.2) is 24.3 Å². The number of aryl methyl sites for hydroxylation is 1. The summed E-state index contributed by atoms with van der Waals surface area (Å²) in [6.07, 6.45) is 2.36. The predicted molar refractivity (Wildman–Crippen MR) is 136 cm³/mol. The van der Waals surface area contributed by atoms with Crippen molar-refractivity contribution in [3.05, 3.63) is 34.2 Å². The van der Waals surface area contributed by atoms with E-state index in [1.54, 1.807) is 25.2 Å². The normalized spacial score (nSPS) is 22.5. The Bertz CT molecular complexity index is 1080. The molecule has 1 fully saturated rings. The average Bonchev–Trinajstić information content (AvgIpc) is 3.20. The van der Waals surface area contributed by atoms with E-state index in [0.29, 0.717) is 44.9 Å². The molecule has 4 unspecified atom stereocenters. The Morgan fingerprint density at radius 2 is 1.97 bits per heavy atom. The van der Waals surface area contributed by atoms with Crippen LogP contribution < -0.4 is 0 Å². The number of thiophene rings is 1. The van der Waals surface area contributed by atoms with Gasteiger partial charge in [-0.15, -0.1) is 23.2 Å². The number of aliphatic hydroxyl groups excluding tert-OH is 2. The Morgan fingerprint density at radius 3 is 2.68 bits per heavy atom. The van der Waals surface area contributed by atoms with Gasteiger partial charge in [0.05, 0.1) is 17.2 Å². The Kier molecular flexibility index (Phi) is 9.17. The highest BCUT2D eigenvalue weighted by Gasteiger charge is 2.53. The zero-order valence-corrected chi connectivity index (χ0v) is 21.3. The Morgan fingerprint density at radius 1 is 1.24 bits per heavy atom. The van der Waals surface area contributed by atoms with E-state index in [9.17, 15) is 19.8 Å². The smallest absolute Gasteiger partial charge is 0.303 e. The lowest BCUT2D eigenvalue weighted by Gasteiger charge is -2.25. The molecule has 1 heterocycles. The first-order valence-corrected chi connectivity index (χ1v) is 13.1. The Balaban J connectivity index is 1.55. The van der Waals surface area contributed by atoms with Crippen molar-refractivity contribution in [2.24, 2.45) is 17.3 Å². The van der Waals surface area contributed by atoms with Crippen LogP contribution in [-0.2, 0) is 16.0 Å². The number of fused-ring (bicyclic) bond motifs is 1. The Hall–Kier alpha value is -1.91. The molecule has 0 aliphatic heterocycles. The highest BCUT2D eigenvalue weighted by Crippen LogP contribution is 2.46. The lowest BCUT2D eigenvalue weighted by molar-refractivity contribution is -0.137. The van der Waals surface area contributed by atoms with Crippen LogP contribution in [0.1, 0.15) is 63.7 Å². The van der Waals surface area contributed by atoms with E-state index in [1.807, 2.05) is 24.3 Å². The number of carbonyl (C=O) groups excluding carboxylic acids is 1. The topological polar surface area (TPSA) is 94.8 Å². The lowest BCUT2D eigenvalue weighted by Crippen LogP contribution is -2.32. The van der Waals surface area contributed by atoms with Crippen molar-refractivity contribution >= 4 is 44.8 Å². The van der Waals surface area contributed by atoms with Crippen molar-refractivity contribution in [2.45, 2.75) is 77.4 Å². The summed E-state index contributed by atoms with van der Waals surface area (Å²) in [7, 11) is 0. The van der Waals surface area contributed by atoms with Crippen LogP contribution in [0.5, 0.6) is 0 Å². The number of hydrogen-bond donors (Lipinski definition) is 3. The number of carboxylic acids is 1.